The number of hydrogen-bond acceptors (Lipinski definition) is 3. The number of hydrogen-bond donors (Lipinski definition) is 1. The van der Waals surface area contributed by atoms with Gasteiger partial charge in [0.1, 0.15) is 11.6 Å². The minimum absolute atomic E-state index is 0.0602. The first-order valence-electron chi connectivity index (χ1n) is 20.7. The Bertz CT molecular complexity index is 3000. The highest BCUT2D eigenvalue weighted by Crippen LogP contribution is 2.42. The van der Waals surface area contributed by atoms with Gasteiger partial charge in [-0.3, -0.25) is 9.55 Å². The second-order valence-corrected chi connectivity index (χ2v) is 15.5. The van der Waals surface area contributed by atoms with Crippen LogP contribution in [0.2, 0.25) is 0 Å². The Morgan fingerprint density at radius 2 is 1.19 bits per heavy atom. The maximum Gasteiger partial charge on any atom is 0.149 e. The van der Waals surface area contributed by atoms with Crippen molar-refractivity contribution in [3.63, 3.8) is 0 Å². The molecule has 0 atom stereocenters. The fourth-order valence-electron chi connectivity index (χ4n) is 7.66. The van der Waals surface area contributed by atoms with Crippen molar-refractivity contribution >= 4 is 11.0 Å². The highest BCUT2D eigenvalue weighted by atomic mass is 16.3. The van der Waals surface area contributed by atoms with Crippen LogP contribution in [0.15, 0.2) is 182 Å². The van der Waals surface area contributed by atoms with E-state index in [1.807, 2.05) is 79.0 Å². The number of pyridine rings is 1. The lowest BCUT2D eigenvalue weighted by Gasteiger charge is -2.20. The van der Waals surface area contributed by atoms with E-state index in [2.05, 4.69) is 104 Å². The van der Waals surface area contributed by atoms with Crippen LogP contribution in [-0.4, -0.2) is 19.6 Å². The molecule has 9 aromatic rings. The average molecular weight is 741 g/mol. The lowest BCUT2D eigenvalue weighted by atomic mass is 9.86. The fourth-order valence-corrected chi connectivity index (χ4v) is 7.66. The Kier molecular flexibility index (Phi) is 8.23. The molecule has 0 saturated carbocycles. The monoisotopic (exact) mass is 740 g/mol. The Balaban J connectivity index is 1.30. The first-order valence-corrected chi connectivity index (χ1v) is 19.2. The first kappa shape index (κ1) is 32.2. The molecule has 0 fully saturated rings. The van der Waals surface area contributed by atoms with Gasteiger partial charge in [-0.25, -0.2) is 4.98 Å². The molecule has 1 N–H and O–H groups in total. The molecule has 0 unspecified atom stereocenters. The Labute approximate surface area is 338 Å². The van der Waals surface area contributed by atoms with Crippen molar-refractivity contribution in [1.29, 1.82) is 0 Å². The maximum absolute atomic E-state index is 11.4. The van der Waals surface area contributed by atoms with Crippen LogP contribution in [0.25, 0.3) is 83.9 Å². The molecule has 0 radical (unpaired) electrons. The van der Waals surface area contributed by atoms with Gasteiger partial charge in [0.2, 0.25) is 0 Å². The van der Waals surface area contributed by atoms with Crippen molar-refractivity contribution in [2.75, 3.05) is 0 Å². The van der Waals surface area contributed by atoms with Crippen LogP contribution in [0.4, 0.5) is 0 Å². The summed E-state index contributed by atoms with van der Waals surface area (Å²) in [7, 11) is 0. The van der Waals surface area contributed by atoms with Gasteiger partial charge in [0.15, 0.2) is 0 Å². The summed E-state index contributed by atoms with van der Waals surface area (Å²) in [6.45, 7) is 4.20. The summed E-state index contributed by atoms with van der Waals surface area (Å²) in [5.74, 6) is 0.616. The van der Waals surface area contributed by atoms with E-state index in [0.717, 1.165) is 72.5 Å². The molecule has 0 aliphatic heterocycles. The molecule has 0 aliphatic carbocycles. The highest BCUT2D eigenvalue weighted by molar-refractivity contribution is 5.98. The number of para-hydroxylation sites is 2. The minimum atomic E-state index is -2.32. The molecule has 0 aliphatic rings. The molecular formula is C53H43N3O. The summed E-state index contributed by atoms with van der Waals surface area (Å²) in [6.07, 6.45) is 1.86. The minimum Gasteiger partial charge on any atom is -0.507 e. The van der Waals surface area contributed by atoms with E-state index < -0.39 is 6.85 Å². The van der Waals surface area contributed by atoms with Gasteiger partial charge in [0.25, 0.3) is 0 Å². The third-order valence-electron chi connectivity index (χ3n) is 10.6. The molecule has 9 rings (SSSR count). The number of rotatable bonds is 7. The summed E-state index contributed by atoms with van der Waals surface area (Å²) in [4.78, 5) is 10.3. The van der Waals surface area contributed by atoms with Crippen LogP contribution < -0.4 is 0 Å². The smallest absolute Gasteiger partial charge is 0.149 e. The number of imidazole rings is 1. The van der Waals surface area contributed by atoms with E-state index in [1.54, 1.807) is 24.3 Å². The van der Waals surface area contributed by atoms with E-state index in [4.69, 9.17) is 14.1 Å². The van der Waals surface area contributed by atoms with Gasteiger partial charge in [-0.05, 0) is 112 Å². The number of fused-ring (bicyclic) bond motifs is 1. The Morgan fingerprint density at radius 1 is 0.526 bits per heavy atom. The SMILES string of the molecule is [2H]C([2H])([2H])c1ccc(-n2c(-c3ccccc3O)nc3c(-c4cc(-c5ccccc5)cc(-c5cc(-c6ccccc6)ccn5)c4)cccc32)c(-c2ccc(C(C)(C)C)cc2)c1. The molecule has 57 heavy (non-hydrogen) atoms. The number of phenols is 1. The number of phenolic OH excluding ortho intramolecular Hbond substituents is 1. The van der Waals surface area contributed by atoms with E-state index in [-0.39, 0.29) is 16.7 Å². The molecule has 4 heteroatoms. The Hall–Kier alpha value is -7.04. The van der Waals surface area contributed by atoms with Crippen LogP contribution >= 0.6 is 0 Å². The largest absolute Gasteiger partial charge is 0.507 e. The summed E-state index contributed by atoms with van der Waals surface area (Å²) in [6, 6.07) is 58.4. The summed E-state index contributed by atoms with van der Waals surface area (Å²) in [5.41, 5.74) is 13.7. The van der Waals surface area contributed by atoms with Gasteiger partial charge in [-0.1, -0.05) is 142 Å². The van der Waals surface area contributed by atoms with Crippen LogP contribution in [0.5, 0.6) is 5.75 Å². The molecule has 0 saturated heterocycles. The standard InChI is InChI=1S/C53H43N3O/c1-35-22-27-48(46(30-35)38-23-25-43(26-24-38)53(2,3)4)56-49-20-13-19-44(51(49)55-52(56)45-18-11-12-21-50(45)57)41-31-40(37-16-9-6-10-17-37)32-42(33-41)47-34-39(28-29-54-47)36-14-7-5-8-15-36/h5-34,57H,1-4H3/i1D3. The highest BCUT2D eigenvalue weighted by Gasteiger charge is 2.23. The lowest BCUT2D eigenvalue weighted by Crippen LogP contribution is -2.10. The third-order valence-corrected chi connectivity index (χ3v) is 10.6. The zero-order chi connectivity index (χ0) is 41.6. The zero-order valence-electron chi connectivity index (χ0n) is 35.1. The zero-order valence-corrected chi connectivity index (χ0v) is 32.1. The van der Waals surface area contributed by atoms with Gasteiger partial charge in [-0.15, -0.1) is 0 Å². The number of aryl methyl sites for hydroxylation is 1. The van der Waals surface area contributed by atoms with Crippen LogP contribution in [-0.2, 0) is 5.41 Å². The van der Waals surface area contributed by atoms with Gasteiger partial charge in [-0.2, -0.15) is 0 Å². The third kappa shape index (κ3) is 6.91. The molecule has 276 valence electrons. The molecule has 7 aromatic carbocycles. The number of aromatic nitrogens is 3. The van der Waals surface area contributed by atoms with Crippen molar-refractivity contribution in [3.8, 4) is 78.6 Å². The van der Waals surface area contributed by atoms with Crippen molar-refractivity contribution in [3.05, 3.63) is 193 Å². The second kappa shape index (κ2) is 14.6. The molecule has 0 bridgehead atoms. The molecule has 2 heterocycles. The number of benzene rings is 7. The van der Waals surface area contributed by atoms with E-state index in [0.29, 0.717) is 11.4 Å². The van der Waals surface area contributed by atoms with Crippen molar-refractivity contribution < 1.29 is 9.22 Å². The topological polar surface area (TPSA) is 50.9 Å². The van der Waals surface area contributed by atoms with E-state index >= 15 is 0 Å². The van der Waals surface area contributed by atoms with Gasteiger partial charge in [0.05, 0.1) is 28.0 Å². The number of nitrogens with zero attached hydrogens (tertiary/aromatic N) is 3. The summed E-state index contributed by atoms with van der Waals surface area (Å²) >= 11 is 0. The first-order chi connectivity index (χ1) is 28.9. The van der Waals surface area contributed by atoms with Crippen LogP contribution in [0.3, 0.4) is 0 Å². The van der Waals surface area contributed by atoms with Crippen LogP contribution in [0, 0.1) is 6.85 Å². The predicted octanol–water partition coefficient (Wildman–Crippen LogP) is 13.7. The molecule has 2 aromatic heterocycles. The van der Waals surface area contributed by atoms with Crippen LogP contribution in [0.1, 0.15) is 36.0 Å². The molecule has 0 spiro atoms. The van der Waals surface area contributed by atoms with Gasteiger partial charge >= 0.3 is 0 Å². The maximum atomic E-state index is 11.4. The summed E-state index contributed by atoms with van der Waals surface area (Å²) < 4.78 is 27.1. The molecule has 0 amide bonds. The van der Waals surface area contributed by atoms with Gasteiger partial charge < -0.3 is 5.11 Å². The molecule has 4 nitrogen and oxygen atoms in total. The summed E-state index contributed by atoms with van der Waals surface area (Å²) in [5, 5.41) is 11.4. The predicted molar refractivity (Wildman–Crippen MR) is 237 cm³/mol. The van der Waals surface area contributed by atoms with Crippen molar-refractivity contribution in [1.82, 2.24) is 14.5 Å². The number of aromatic hydroxyl groups is 1. The van der Waals surface area contributed by atoms with Crippen molar-refractivity contribution in [2.24, 2.45) is 0 Å². The molecular weight excluding hydrogens is 695 g/mol. The fraction of sp³-hybridized carbons (Fsp3) is 0.0943. The van der Waals surface area contributed by atoms with Crippen molar-refractivity contribution in [2.45, 2.75) is 33.0 Å². The van der Waals surface area contributed by atoms with Gasteiger partial charge in [0, 0.05) is 27.0 Å². The Morgan fingerprint density at radius 3 is 1.91 bits per heavy atom. The second-order valence-electron chi connectivity index (χ2n) is 15.5. The average Bonchev–Trinajstić information content (AvgIpc) is 3.66. The lowest BCUT2D eigenvalue weighted by molar-refractivity contribution is 0.477. The van der Waals surface area contributed by atoms with E-state index in [9.17, 15) is 5.11 Å². The quantitative estimate of drug-likeness (QED) is 0.177. The normalized spacial score (nSPS) is 12.6. The van der Waals surface area contributed by atoms with E-state index in [1.165, 1.54) is 5.56 Å².